The molecule has 2 heteroatoms. The Morgan fingerprint density at radius 1 is 1.32 bits per heavy atom. The van der Waals surface area contributed by atoms with Gasteiger partial charge in [0.05, 0.1) is 0 Å². The monoisotopic (exact) mass is 261 g/mol. The number of hydrogen-bond donors (Lipinski definition) is 1. The summed E-state index contributed by atoms with van der Waals surface area (Å²) in [7, 11) is 0. The van der Waals surface area contributed by atoms with Gasteiger partial charge in [-0.05, 0) is 24.8 Å². The van der Waals surface area contributed by atoms with Gasteiger partial charge in [0, 0.05) is 25.7 Å². The number of rotatable bonds is 10. The Labute approximate surface area is 117 Å². The molecule has 1 aromatic rings. The Morgan fingerprint density at radius 3 is 2.63 bits per heavy atom. The first-order chi connectivity index (χ1) is 9.31. The van der Waals surface area contributed by atoms with E-state index in [1.807, 2.05) is 6.08 Å². The van der Waals surface area contributed by atoms with Crippen molar-refractivity contribution >= 4 is 0 Å². The van der Waals surface area contributed by atoms with Crippen LogP contribution in [0.2, 0.25) is 0 Å². The van der Waals surface area contributed by atoms with Gasteiger partial charge in [0.1, 0.15) is 0 Å². The van der Waals surface area contributed by atoms with E-state index >= 15 is 0 Å². The lowest BCUT2D eigenvalue weighted by molar-refractivity contribution is 0.158. The van der Waals surface area contributed by atoms with Crippen LogP contribution in [-0.2, 0) is 6.54 Å². The second-order valence-electron chi connectivity index (χ2n) is 5.00. The molecule has 0 bridgehead atoms. The molecular weight excluding hydrogens is 234 g/mol. The maximum Gasteiger partial charge on any atom is 0.0443 e. The van der Waals surface area contributed by atoms with Crippen LogP contribution in [0.1, 0.15) is 38.2 Å². The molecule has 0 saturated heterocycles. The minimum absolute atomic E-state index is 0.262. The SMILES string of the molecule is C=CCC(CCC)N(CCCO)Cc1ccccc1. The van der Waals surface area contributed by atoms with Gasteiger partial charge in [-0.1, -0.05) is 49.8 Å². The fraction of sp³-hybridized carbons (Fsp3) is 0.529. The molecule has 0 aliphatic rings. The first-order valence-electron chi connectivity index (χ1n) is 7.31. The predicted octanol–water partition coefficient (Wildman–Crippen LogP) is 3.62. The maximum atomic E-state index is 9.08. The second kappa shape index (κ2) is 9.76. The molecule has 1 unspecified atom stereocenters. The molecule has 0 saturated carbocycles. The summed E-state index contributed by atoms with van der Waals surface area (Å²) in [4.78, 5) is 2.48. The van der Waals surface area contributed by atoms with Crippen LogP contribution in [0.25, 0.3) is 0 Å². The Balaban J connectivity index is 2.70. The summed E-state index contributed by atoms with van der Waals surface area (Å²) in [6, 6.07) is 11.1. The molecule has 0 aliphatic carbocycles. The summed E-state index contributed by atoms with van der Waals surface area (Å²) in [5, 5.41) is 9.08. The van der Waals surface area contributed by atoms with E-state index in [1.54, 1.807) is 0 Å². The van der Waals surface area contributed by atoms with Gasteiger partial charge in [0.25, 0.3) is 0 Å². The average Bonchev–Trinajstić information content (AvgIpc) is 2.44. The first kappa shape index (κ1) is 15.9. The van der Waals surface area contributed by atoms with Crippen molar-refractivity contribution in [3.05, 3.63) is 48.6 Å². The largest absolute Gasteiger partial charge is 0.396 e. The standard InChI is InChI=1S/C17H27NO/c1-3-9-17(10-4-2)18(13-8-14-19)15-16-11-6-5-7-12-16/h3,5-7,11-12,17,19H,1,4,8-10,13-15H2,2H3. The van der Waals surface area contributed by atoms with Crippen LogP contribution < -0.4 is 0 Å². The molecular formula is C17H27NO. The molecule has 1 N–H and O–H groups in total. The lowest BCUT2D eigenvalue weighted by Gasteiger charge is -2.31. The summed E-state index contributed by atoms with van der Waals surface area (Å²) in [6.45, 7) is 8.27. The van der Waals surface area contributed by atoms with E-state index in [0.717, 1.165) is 25.9 Å². The molecule has 0 fully saturated rings. The van der Waals surface area contributed by atoms with Crippen LogP contribution in [0.3, 0.4) is 0 Å². The highest BCUT2D eigenvalue weighted by Crippen LogP contribution is 2.16. The highest BCUT2D eigenvalue weighted by molar-refractivity contribution is 5.14. The van der Waals surface area contributed by atoms with Crippen molar-refractivity contribution in [3.8, 4) is 0 Å². The van der Waals surface area contributed by atoms with Gasteiger partial charge in [0.15, 0.2) is 0 Å². The van der Waals surface area contributed by atoms with E-state index in [0.29, 0.717) is 6.04 Å². The lowest BCUT2D eigenvalue weighted by Crippen LogP contribution is -2.35. The van der Waals surface area contributed by atoms with Crippen LogP contribution >= 0.6 is 0 Å². The quantitative estimate of drug-likeness (QED) is 0.650. The lowest BCUT2D eigenvalue weighted by atomic mass is 10.0. The van der Waals surface area contributed by atoms with Crippen molar-refractivity contribution in [2.75, 3.05) is 13.2 Å². The fourth-order valence-corrected chi connectivity index (χ4v) is 2.46. The van der Waals surface area contributed by atoms with Crippen LogP contribution in [0.4, 0.5) is 0 Å². The number of aliphatic hydroxyl groups is 1. The van der Waals surface area contributed by atoms with Gasteiger partial charge >= 0.3 is 0 Å². The molecule has 0 aromatic heterocycles. The van der Waals surface area contributed by atoms with Crippen LogP contribution in [-0.4, -0.2) is 29.2 Å². The third-order valence-electron chi connectivity index (χ3n) is 3.41. The van der Waals surface area contributed by atoms with E-state index in [9.17, 15) is 0 Å². The van der Waals surface area contributed by atoms with E-state index in [2.05, 4.69) is 48.7 Å². The van der Waals surface area contributed by atoms with Crippen molar-refractivity contribution in [2.24, 2.45) is 0 Å². The maximum absolute atomic E-state index is 9.08. The molecule has 19 heavy (non-hydrogen) atoms. The molecule has 1 atom stereocenters. The van der Waals surface area contributed by atoms with E-state index in [-0.39, 0.29) is 6.61 Å². The molecule has 0 spiro atoms. The van der Waals surface area contributed by atoms with Gasteiger partial charge in [0.2, 0.25) is 0 Å². The Hall–Kier alpha value is -1.12. The summed E-state index contributed by atoms with van der Waals surface area (Å²) in [6.07, 6.45) is 6.24. The van der Waals surface area contributed by atoms with E-state index in [1.165, 1.54) is 18.4 Å². The Morgan fingerprint density at radius 2 is 2.05 bits per heavy atom. The molecule has 0 amide bonds. The van der Waals surface area contributed by atoms with Crippen LogP contribution in [0.5, 0.6) is 0 Å². The molecule has 0 radical (unpaired) electrons. The Bertz CT molecular complexity index is 336. The number of nitrogens with zero attached hydrogens (tertiary/aromatic N) is 1. The van der Waals surface area contributed by atoms with Crippen LogP contribution in [0, 0.1) is 0 Å². The molecule has 1 aromatic carbocycles. The zero-order chi connectivity index (χ0) is 13.9. The number of aliphatic hydroxyl groups excluding tert-OH is 1. The Kier molecular flexibility index (Phi) is 8.19. The zero-order valence-corrected chi connectivity index (χ0v) is 12.1. The summed E-state index contributed by atoms with van der Waals surface area (Å²) in [5.41, 5.74) is 1.34. The van der Waals surface area contributed by atoms with Crippen molar-refractivity contribution in [2.45, 2.75) is 45.2 Å². The molecule has 0 heterocycles. The smallest absolute Gasteiger partial charge is 0.0443 e. The summed E-state index contributed by atoms with van der Waals surface area (Å²) >= 11 is 0. The van der Waals surface area contributed by atoms with Crippen molar-refractivity contribution in [3.63, 3.8) is 0 Å². The van der Waals surface area contributed by atoms with Crippen molar-refractivity contribution < 1.29 is 5.11 Å². The van der Waals surface area contributed by atoms with Gasteiger partial charge < -0.3 is 5.11 Å². The third-order valence-corrected chi connectivity index (χ3v) is 3.41. The fourth-order valence-electron chi connectivity index (χ4n) is 2.46. The van der Waals surface area contributed by atoms with Crippen LogP contribution in [0.15, 0.2) is 43.0 Å². The number of hydrogen-bond acceptors (Lipinski definition) is 2. The van der Waals surface area contributed by atoms with E-state index in [4.69, 9.17) is 5.11 Å². The highest BCUT2D eigenvalue weighted by atomic mass is 16.3. The van der Waals surface area contributed by atoms with Crippen molar-refractivity contribution in [1.82, 2.24) is 4.90 Å². The normalized spacial score (nSPS) is 12.6. The third kappa shape index (κ3) is 6.04. The van der Waals surface area contributed by atoms with Gasteiger partial charge in [-0.3, -0.25) is 4.90 Å². The van der Waals surface area contributed by atoms with Crippen molar-refractivity contribution in [1.29, 1.82) is 0 Å². The summed E-state index contributed by atoms with van der Waals surface area (Å²) in [5.74, 6) is 0. The minimum atomic E-state index is 0.262. The molecule has 2 nitrogen and oxygen atoms in total. The highest BCUT2D eigenvalue weighted by Gasteiger charge is 2.16. The minimum Gasteiger partial charge on any atom is -0.396 e. The summed E-state index contributed by atoms with van der Waals surface area (Å²) < 4.78 is 0. The molecule has 106 valence electrons. The molecule has 0 aliphatic heterocycles. The van der Waals surface area contributed by atoms with Gasteiger partial charge in [-0.25, -0.2) is 0 Å². The predicted molar refractivity (Wildman–Crippen MR) is 82.1 cm³/mol. The number of benzene rings is 1. The molecule has 1 rings (SSSR count). The second-order valence-corrected chi connectivity index (χ2v) is 5.00. The van der Waals surface area contributed by atoms with E-state index < -0.39 is 0 Å². The topological polar surface area (TPSA) is 23.5 Å². The van der Waals surface area contributed by atoms with Gasteiger partial charge in [-0.2, -0.15) is 0 Å². The van der Waals surface area contributed by atoms with Gasteiger partial charge in [-0.15, -0.1) is 6.58 Å². The average molecular weight is 261 g/mol. The first-order valence-corrected chi connectivity index (χ1v) is 7.31. The zero-order valence-electron chi connectivity index (χ0n) is 12.1.